The largest absolute Gasteiger partial charge is 0.464 e. The number of ether oxygens (including phenoxy) is 1. The average molecular weight is 312 g/mol. The molecule has 118 valence electrons. The predicted octanol–water partition coefficient (Wildman–Crippen LogP) is 4.01. The number of esters is 1. The third-order valence-electron chi connectivity index (χ3n) is 3.15. The lowest BCUT2D eigenvalue weighted by molar-refractivity contribution is -0.137. The summed E-state index contributed by atoms with van der Waals surface area (Å²) < 4.78 is 42.4. The summed E-state index contributed by atoms with van der Waals surface area (Å²) in [5.41, 5.74) is 0.458. The average Bonchev–Trinajstić information content (AvgIpc) is 2.91. The van der Waals surface area contributed by atoms with Crippen molar-refractivity contribution in [3.05, 3.63) is 41.2 Å². The maximum Gasteiger partial charge on any atom is 0.416 e. The van der Waals surface area contributed by atoms with Crippen molar-refractivity contribution in [3.63, 3.8) is 0 Å². The number of halogens is 3. The second-order valence-corrected chi connectivity index (χ2v) is 5.07. The van der Waals surface area contributed by atoms with Crippen molar-refractivity contribution in [1.82, 2.24) is 9.97 Å². The van der Waals surface area contributed by atoms with Gasteiger partial charge in [-0.1, -0.05) is 26.0 Å². The molecule has 4 nitrogen and oxygen atoms in total. The molecule has 0 saturated heterocycles. The van der Waals surface area contributed by atoms with Crippen LogP contribution < -0.4 is 0 Å². The maximum absolute atomic E-state index is 12.6. The number of hydrogen-bond donors (Lipinski definition) is 1. The minimum absolute atomic E-state index is 0.0338. The predicted molar refractivity (Wildman–Crippen MR) is 74.5 cm³/mol. The number of benzene rings is 1. The second-order valence-electron chi connectivity index (χ2n) is 5.07. The number of nitrogens with zero attached hydrogens (tertiary/aromatic N) is 1. The summed E-state index contributed by atoms with van der Waals surface area (Å²) in [5.74, 6) is -0.263. The number of aromatic amines is 1. The minimum Gasteiger partial charge on any atom is -0.464 e. The van der Waals surface area contributed by atoms with E-state index in [1.54, 1.807) is 0 Å². The molecule has 2 aromatic rings. The molecule has 22 heavy (non-hydrogen) atoms. The lowest BCUT2D eigenvalue weighted by atomic mass is 10.1. The third-order valence-corrected chi connectivity index (χ3v) is 3.15. The molecule has 7 heteroatoms. The van der Waals surface area contributed by atoms with E-state index in [0.717, 1.165) is 12.1 Å². The summed E-state index contributed by atoms with van der Waals surface area (Å²) in [6.07, 6.45) is -4.39. The Kier molecular flexibility index (Phi) is 4.25. The number of carbonyl (C=O) groups is 1. The van der Waals surface area contributed by atoms with Crippen molar-refractivity contribution in [2.75, 3.05) is 7.11 Å². The van der Waals surface area contributed by atoms with Gasteiger partial charge in [0.2, 0.25) is 0 Å². The van der Waals surface area contributed by atoms with Gasteiger partial charge >= 0.3 is 12.1 Å². The lowest BCUT2D eigenvalue weighted by Gasteiger charge is -2.06. The van der Waals surface area contributed by atoms with E-state index in [2.05, 4.69) is 14.7 Å². The zero-order chi connectivity index (χ0) is 16.5. The number of rotatable bonds is 3. The first-order valence-electron chi connectivity index (χ1n) is 6.60. The number of hydrogen-bond acceptors (Lipinski definition) is 3. The zero-order valence-electron chi connectivity index (χ0n) is 12.3. The Bertz CT molecular complexity index is 673. The number of methoxy groups -OCH3 is 1. The normalized spacial score (nSPS) is 11.8. The van der Waals surface area contributed by atoms with Crippen LogP contribution in [0.4, 0.5) is 13.2 Å². The molecule has 2 rings (SSSR count). The molecule has 0 aliphatic heterocycles. The van der Waals surface area contributed by atoms with Crippen LogP contribution in [0.15, 0.2) is 24.3 Å². The molecule has 0 amide bonds. The maximum atomic E-state index is 12.6. The van der Waals surface area contributed by atoms with Gasteiger partial charge in [0.15, 0.2) is 0 Å². The van der Waals surface area contributed by atoms with Crippen LogP contribution in [0.5, 0.6) is 0 Å². The van der Waals surface area contributed by atoms with Gasteiger partial charge in [-0.2, -0.15) is 13.2 Å². The summed E-state index contributed by atoms with van der Waals surface area (Å²) in [4.78, 5) is 18.9. The Morgan fingerprint density at radius 1 is 1.23 bits per heavy atom. The first-order chi connectivity index (χ1) is 10.2. The van der Waals surface area contributed by atoms with Gasteiger partial charge < -0.3 is 9.72 Å². The summed E-state index contributed by atoms with van der Waals surface area (Å²) in [7, 11) is 1.26. The SMILES string of the molecule is COC(=O)c1[nH]c(-c2ccc(C(F)(F)F)cc2)nc1C(C)C. The third kappa shape index (κ3) is 3.13. The summed E-state index contributed by atoms with van der Waals surface area (Å²) >= 11 is 0. The van der Waals surface area contributed by atoms with Crippen molar-refractivity contribution in [3.8, 4) is 11.4 Å². The van der Waals surface area contributed by atoms with Gasteiger partial charge in [-0.25, -0.2) is 9.78 Å². The number of nitrogens with one attached hydrogen (secondary N) is 1. The first kappa shape index (κ1) is 16.1. The Labute approximate surface area is 125 Å². The van der Waals surface area contributed by atoms with E-state index in [4.69, 9.17) is 0 Å². The highest BCUT2D eigenvalue weighted by Gasteiger charge is 2.30. The van der Waals surface area contributed by atoms with E-state index in [9.17, 15) is 18.0 Å². The Morgan fingerprint density at radius 2 is 1.82 bits per heavy atom. The van der Waals surface area contributed by atoms with Gasteiger partial charge in [-0.3, -0.25) is 0 Å². The number of imidazole rings is 1. The van der Waals surface area contributed by atoms with Crippen LogP contribution in [-0.4, -0.2) is 23.0 Å². The fourth-order valence-electron chi connectivity index (χ4n) is 2.02. The quantitative estimate of drug-likeness (QED) is 0.871. The van der Waals surface area contributed by atoms with Gasteiger partial charge in [0.25, 0.3) is 0 Å². The molecule has 1 heterocycles. The Balaban J connectivity index is 2.43. The molecule has 1 aromatic carbocycles. The molecule has 0 fully saturated rings. The summed E-state index contributed by atoms with van der Waals surface area (Å²) in [5, 5.41) is 0. The molecule has 0 atom stereocenters. The Morgan fingerprint density at radius 3 is 2.27 bits per heavy atom. The van der Waals surface area contributed by atoms with Crippen molar-refractivity contribution < 1.29 is 22.7 Å². The highest BCUT2D eigenvalue weighted by atomic mass is 19.4. The monoisotopic (exact) mass is 312 g/mol. The molecular formula is C15H15F3N2O2. The van der Waals surface area contributed by atoms with Crippen molar-refractivity contribution in [1.29, 1.82) is 0 Å². The molecule has 0 bridgehead atoms. The molecule has 1 aromatic heterocycles. The molecule has 0 aliphatic rings. The highest BCUT2D eigenvalue weighted by Crippen LogP contribution is 2.31. The fourth-order valence-corrected chi connectivity index (χ4v) is 2.02. The lowest BCUT2D eigenvalue weighted by Crippen LogP contribution is -2.06. The summed E-state index contributed by atoms with van der Waals surface area (Å²) in [6.45, 7) is 3.72. The van der Waals surface area contributed by atoms with E-state index >= 15 is 0 Å². The second kappa shape index (κ2) is 5.82. The van der Waals surface area contributed by atoms with Crippen molar-refractivity contribution in [2.45, 2.75) is 25.9 Å². The number of alkyl halides is 3. The molecule has 0 spiro atoms. The number of H-pyrrole nitrogens is 1. The van der Waals surface area contributed by atoms with Crippen molar-refractivity contribution in [2.24, 2.45) is 0 Å². The summed E-state index contributed by atoms with van der Waals surface area (Å²) in [6, 6.07) is 4.58. The topological polar surface area (TPSA) is 55.0 Å². The van der Waals surface area contributed by atoms with E-state index < -0.39 is 17.7 Å². The van der Waals surface area contributed by atoms with Crippen LogP contribution in [-0.2, 0) is 10.9 Å². The number of carbonyl (C=O) groups excluding carboxylic acids is 1. The molecule has 1 N–H and O–H groups in total. The zero-order valence-corrected chi connectivity index (χ0v) is 12.3. The van der Waals surface area contributed by atoms with Crippen LogP contribution >= 0.6 is 0 Å². The van der Waals surface area contributed by atoms with Gasteiger partial charge in [0.1, 0.15) is 11.5 Å². The number of aromatic nitrogens is 2. The van der Waals surface area contributed by atoms with Crippen LogP contribution in [0.25, 0.3) is 11.4 Å². The van der Waals surface area contributed by atoms with Gasteiger partial charge in [-0.15, -0.1) is 0 Å². The fraction of sp³-hybridized carbons (Fsp3) is 0.333. The Hall–Kier alpha value is -2.31. The molecule has 0 aliphatic carbocycles. The van der Waals surface area contributed by atoms with E-state index in [1.807, 2.05) is 13.8 Å². The van der Waals surface area contributed by atoms with Crippen LogP contribution in [0, 0.1) is 0 Å². The van der Waals surface area contributed by atoms with Crippen LogP contribution in [0.2, 0.25) is 0 Å². The highest BCUT2D eigenvalue weighted by molar-refractivity contribution is 5.89. The molecule has 0 saturated carbocycles. The molecular weight excluding hydrogens is 297 g/mol. The van der Waals surface area contributed by atoms with E-state index in [-0.39, 0.29) is 11.6 Å². The van der Waals surface area contributed by atoms with Gasteiger partial charge in [0, 0.05) is 5.56 Å². The standard InChI is InChI=1S/C15H15F3N2O2/c1-8(2)11-12(14(21)22-3)20-13(19-11)9-4-6-10(7-5-9)15(16,17)18/h4-8H,1-3H3,(H,19,20). The van der Waals surface area contributed by atoms with Crippen LogP contribution in [0.1, 0.15) is 41.5 Å². The minimum atomic E-state index is -4.39. The van der Waals surface area contributed by atoms with E-state index in [0.29, 0.717) is 17.1 Å². The molecule has 0 radical (unpaired) electrons. The molecule has 0 unspecified atom stereocenters. The smallest absolute Gasteiger partial charge is 0.416 e. The van der Waals surface area contributed by atoms with Crippen molar-refractivity contribution >= 4 is 5.97 Å². The van der Waals surface area contributed by atoms with Gasteiger partial charge in [-0.05, 0) is 18.1 Å². The first-order valence-corrected chi connectivity index (χ1v) is 6.60. The van der Waals surface area contributed by atoms with Gasteiger partial charge in [0.05, 0.1) is 18.4 Å². The van der Waals surface area contributed by atoms with E-state index in [1.165, 1.54) is 19.2 Å². The van der Waals surface area contributed by atoms with Crippen LogP contribution in [0.3, 0.4) is 0 Å².